The summed E-state index contributed by atoms with van der Waals surface area (Å²) < 4.78 is 6.11. The molecule has 7 heteroatoms. The van der Waals surface area contributed by atoms with Crippen LogP contribution in [0.3, 0.4) is 0 Å². The quantitative estimate of drug-likeness (QED) is 0.394. The molecule has 0 spiro atoms. The lowest BCUT2D eigenvalue weighted by Crippen LogP contribution is -2.40. The number of aliphatic carboxylic acids is 1. The van der Waals surface area contributed by atoms with E-state index < -0.39 is 5.97 Å². The van der Waals surface area contributed by atoms with Gasteiger partial charge in [-0.15, -0.1) is 0 Å². The van der Waals surface area contributed by atoms with Crippen LogP contribution in [-0.4, -0.2) is 59.2 Å². The number of H-pyrrole nitrogens is 1. The maximum atomic E-state index is 12.3. The highest BCUT2D eigenvalue weighted by atomic mass is 16.5. The van der Waals surface area contributed by atoms with Gasteiger partial charge in [-0.05, 0) is 68.5 Å². The number of fused-ring (bicyclic) bond motifs is 1. The Morgan fingerprint density at radius 1 is 1.09 bits per heavy atom. The summed E-state index contributed by atoms with van der Waals surface area (Å²) in [6.45, 7) is 2.63. The van der Waals surface area contributed by atoms with Gasteiger partial charge in [0, 0.05) is 29.4 Å². The molecule has 2 heterocycles. The second-order valence-corrected chi connectivity index (χ2v) is 9.09. The van der Waals surface area contributed by atoms with Crippen molar-refractivity contribution < 1.29 is 19.4 Å². The minimum Gasteiger partial charge on any atom is -0.481 e. The minimum absolute atomic E-state index is 0.000275. The number of carboxylic acids is 1. The first-order valence-corrected chi connectivity index (χ1v) is 12.0. The van der Waals surface area contributed by atoms with Gasteiger partial charge >= 0.3 is 5.97 Å². The lowest BCUT2D eigenvalue weighted by molar-refractivity contribution is -0.140. The zero-order valence-corrected chi connectivity index (χ0v) is 19.4. The number of nitrogens with zero attached hydrogens (tertiary/aromatic N) is 1. The van der Waals surface area contributed by atoms with Gasteiger partial charge in [-0.3, -0.25) is 14.5 Å². The summed E-state index contributed by atoms with van der Waals surface area (Å²) >= 11 is 0. The molecule has 3 aromatic rings. The molecule has 0 aliphatic carbocycles. The number of hydrogen-bond acceptors (Lipinski definition) is 4. The SMILES string of the molecule is O=C(O)CC(CCc1c[nH]c2ccccc12)OCC1CCN(CC(=O)Nc2ccccc2)CC1. The van der Waals surface area contributed by atoms with Crippen LogP contribution in [0.15, 0.2) is 60.8 Å². The summed E-state index contributed by atoms with van der Waals surface area (Å²) in [6, 6.07) is 17.6. The molecule has 1 amide bonds. The van der Waals surface area contributed by atoms with Crippen molar-refractivity contribution in [2.75, 3.05) is 31.6 Å². The third-order valence-electron chi connectivity index (χ3n) is 6.51. The molecule has 1 aliphatic heterocycles. The molecule has 34 heavy (non-hydrogen) atoms. The zero-order chi connectivity index (χ0) is 23.8. The summed E-state index contributed by atoms with van der Waals surface area (Å²) in [4.78, 5) is 29.1. The summed E-state index contributed by atoms with van der Waals surface area (Å²) in [5, 5.41) is 13.5. The van der Waals surface area contributed by atoms with Crippen molar-refractivity contribution in [3.63, 3.8) is 0 Å². The number of nitrogens with one attached hydrogen (secondary N) is 2. The number of anilines is 1. The highest BCUT2D eigenvalue weighted by molar-refractivity contribution is 5.92. The van der Waals surface area contributed by atoms with E-state index in [2.05, 4.69) is 21.3 Å². The van der Waals surface area contributed by atoms with E-state index in [0.29, 0.717) is 25.5 Å². The Kier molecular flexibility index (Phi) is 8.33. The van der Waals surface area contributed by atoms with Crippen molar-refractivity contribution in [2.24, 2.45) is 5.92 Å². The van der Waals surface area contributed by atoms with Gasteiger partial charge in [0.05, 0.1) is 19.1 Å². The molecule has 7 nitrogen and oxygen atoms in total. The first-order valence-electron chi connectivity index (χ1n) is 12.0. The van der Waals surface area contributed by atoms with Crippen LogP contribution >= 0.6 is 0 Å². The third kappa shape index (κ3) is 6.92. The van der Waals surface area contributed by atoms with Crippen molar-refractivity contribution in [3.8, 4) is 0 Å². The van der Waals surface area contributed by atoms with E-state index in [9.17, 15) is 14.7 Å². The van der Waals surface area contributed by atoms with Crippen molar-refractivity contribution in [1.29, 1.82) is 0 Å². The van der Waals surface area contributed by atoms with Crippen LogP contribution < -0.4 is 5.32 Å². The van der Waals surface area contributed by atoms with Crippen LogP contribution in [0, 0.1) is 5.92 Å². The Morgan fingerprint density at radius 2 is 1.82 bits per heavy atom. The minimum atomic E-state index is -0.830. The number of rotatable bonds is 11. The van der Waals surface area contributed by atoms with Gasteiger partial charge in [-0.1, -0.05) is 36.4 Å². The molecule has 1 unspecified atom stereocenters. The molecule has 4 rings (SSSR count). The number of aryl methyl sites for hydroxylation is 1. The lowest BCUT2D eigenvalue weighted by Gasteiger charge is -2.32. The maximum absolute atomic E-state index is 12.3. The Balaban J connectivity index is 1.20. The normalized spacial score (nSPS) is 15.9. The molecule has 0 saturated carbocycles. The van der Waals surface area contributed by atoms with Gasteiger partial charge < -0.3 is 20.1 Å². The van der Waals surface area contributed by atoms with E-state index in [1.165, 1.54) is 10.9 Å². The number of piperidine rings is 1. The summed E-state index contributed by atoms with van der Waals surface area (Å²) in [6.07, 6.45) is 5.05. The van der Waals surface area contributed by atoms with E-state index in [1.807, 2.05) is 54.7 Å². The van der Waals surface area contributed by atoms with Gasteiger partial charge in [0.1, 0.15) is 0 Å². The van der Waals surface area contributed by atoms with Gasteiger partial charge in [-0.2, -0.15) is 0 Å². The number of carbonyl (C=O) groups excluding carboxylic acids is 1. The molecular formula is C27H33N3O4. The van der Waals surface area contributed by atoms with E-state index in [1.54, 1.807) is 0 Å². The molecule has 1 atom stereocenters. The number of aromatic amines is 1. The molecule has 0 bridgehead atoms. The average Bonchev–Trinajstić information content (AvgIpc) is 3.25. The second-order valence-electron chi connectivity index (χ2n) is 9.09. The van der Waals surface area contributed by atoms with Gasteiger partial charge in [0.25, 0.3) is 0 Å². The fourth-order valence-electron chi connectivity index (χ4n) is 4.60. The van der Waals surface area contributed by atoms with Crippen molar-refractivity contribution in [1.82, 2.24) is 9.88 Å². The standard InChI is InChI=1S/C27H33N3O4/c31-26(29-22-6-2-1-3-7-22)18-30-14-12-20(13-15-30)19-34-23(16-27(32)33)11-10-21-17-28-25-9-5-4-8-24(21)25/h1-9,17,20,23,28H,10-16,18-19H2,(H,29,31)(H,32,33). The number of hydrogen-bond donors (Lipinski definition) is 3. The van der Waals surface area contributed by atoms with Crippen LogP contribution in [0.25, 0.3) is 10.9 Å². The van der Waals surface area contributed by atoms with Gasteiger partial charge in [0.2, 0.25) is 5.91 Å². The van der Waals surface area contributed by atoms with Crippen molar-refractivity contribution in [3.05, 3.63) is 66.4 Å². The van der Waals surface area contributed by atoms with Crippen molar-refractivity contribution in [2.45, 2.75) is 38.2 Å². The molecule has 1 aromatic heterocycles. The molecule has 180 valence electrons. The number of aromatic nitrogens is 1. The van der Waals surface area contributed by atoms with Crippen molar-refractivity contribution >= 4 is 28.5 Å². The smallest absolute Gasteiger partial charge is 0.305 e. The van der Waals surface area contributed by atoms with E-state index >= 15 is 0 Å². The molecular weight excluding hydrogens is 430 g/mol. The van der Waals surface area contributed by atoms with Crippen LogP contribution in [0.4, 0.5) is 5.69 Å². The monoisotopic (exact) mass is 463 g/mol. The zero-order valence-electron chi connectivity index (χ0n) is 19.4. The predicted octanol–water partition coefficient (Wildman–Crippen LogP) is 4.31. The van der Waals surface area contributed by atoms with Crippen LogP contribution in [-0.2, 0) is 20.7 Å². The number of carbonyl (C=O) groups is 2. The number of likely N-dealkylation sites (tertiary alicyclic amines) is 1. The molecule has 0 radical (unpaired) electrons. The number of para-hydroxylation sites is 2. The van der Waals surface area contributed by atoms with Crippen LogP contribution in [0.1, 0.15) is 31.2 Å². The van der Waals surface area contributed by atoms with Crippen LogP contribution in [0.2, 0.25) is 0 Å². The highest BCUT2D eigenvalue weighted by Gasteiger charge is 2.23. The Labute approximate surface area is 200 Å². The van der Waals surface area contributed by atoms with Crippen LogP contribution in [0.5, 0.6) is 0 Å². The Bertz CT molecular complexity index is 1070. The molecule has 3 N–H and O–H groups in total. The topological polar surface area (TPSA) is 94.7 Å². The summed E-state index contributed by atoms with van der Waals surface area (Å²) in [5.74, 6) is -0.444. The van der Waals surface area contributed by atoms with Gasteiger partial charge in [-0.25, -0.2) is 0 Å². The first-order chi connectivity index (χ1) is 16.6. The van der Waals surface area contributed by atoms with E-state index in [-0.39, 0.29) is 18.4 Å². The fraction of sp³-hybridized carbons (Fsp3) is 0.407. The predicted molar refractivity (Wildman–Crippen MR) is 133 cm³/mol. The molecule has 1 aliphatic rings. The van der Waals surface area contributed by atoms with E-state index in [0.717, 1.165) is 43.6 Å². The Morgan fingerprint density at radius 3 is 2.59 bits per heavy atom. The molecule has 1 fully saturated rings. The summed E-state index contributed by atoms with van der Waals surface area (Å²) in [7, 11) is 0. The molecule has 2 aromatic carbocycles. The largest absolute Gasteiger partial charge is 0.481 e. The first kappa shape index (κ1) is 24.0. The highest BCUT2D eigenvalue weighted by Crippen LogP contribution is 2.23. The average molecular weight is 464 g/mol. The third-order valence-corrected chi connectivity index (χ3v) is 6.51. The fourth-order valence-corrected chi connectivity index (χ4v) is 4.60. The Hall–Kier alpha value is -3.16. The number of carboxylic acid groups (broad SMARTS) is 1. The second kappa shape index (κ2) is 11.8. The maximum Gasteiger partial charge on any atom is 0.305 e. The van der Waals surface area contributed by atoms with E-state index in [4.69, 9.17) is 4.74 Å². The van der Waals surface area contributed by atoms with Gasteiger partial charge in [0.15, 0.2) is 0 Å². The number of ether oxygens (including phenoxy) is 1. The molecule has 1 saturated heterocycles. The number of benzene rings is 2. The number of amides is 1. The lowest BCUT2D eigenvalue weighted by atomic mass is 9.97. The summed E-state index contributed by atoms with van der Waals surface area (Å²) in [5.41, 5.74) is 3.10.